The first-order valence-electron chi connectivity index (χ1n) is 5.40. The fraction of sp³-hybridized carbons (Fsp3) is 0.500. The van der Waals surface area contributed by atoms with Gasteiger partial charge < -0.3 is 10.5 Å². The summed E-state index contributed by atoms with van der Waals surface area (Å²) in [4.78, 5) is 0. The second-order valence-electron chi connectivity index (χ2n) is 4.19. The number of methoxy groups -OCH3 is 1. The fourth-order valence-electron chi connectivity index (χ4n) is 2.06. The molecule has 1 aromatic rings. The quantitative estimate of drug-likeness (QED) is 0.899. The van der Waals surface area contributed by atoms with Crippen molar-refractivity contribution < 1.29 is 4.74 Å². The summed E-state index contributed by atoms with van der Waals surface area (Å²) in [7, 11) is 1.58. The number of ether oxygens (including phenoxy) is 1. The molecule has 0 saturated heterocycles. The van der Waals surface area contributed by atoms with Gasteiger partial charge in [-0.05, 0) is 36.9 Å². The van der Waals surface area contributed by atoms with E-state index in [9.17, 15) is 0 Å². The van der Waals surface area contributed by atoms with Gasteiger partial charge in [-0.3, -0.25) is 0 Å². The smallest absolute Gasteiger partial charge is 0.138 e. The number of halogens is 2. The summed E-state index contributed by atoms with van der Waals surface area (Å²) in [5, 5.41) is 1.30. The van der Waals surface area contributed by atoms with Crippen LogP contribution in [-0.4, -0.2) is 13.7 Å². The Morgan fingerprint density at radius 3 is 2.56 bits per heavy atom. The molecule has 1 aliphatic carbocycles. The normalized spacial score (nSPS) is 17.2. The van der Waals surface area contributed by atoms with E-state index in [1.54, 1.807) is 13.2 Å². The Balaban J connectivity index is 2.36. The molecule has 4 heteroatoms. The van der Waals surface area contributed by atoms with Crippen molar-refractivity contribution in [3.8, 4) is 5.75 Å². The highest BCUT2D eigenvalue weighted by Gasteiger charge is 2.32. The maximum absolute atomic E-state index is 6.23. The number of nitrogens with two attached hydrogens (primary N) is 1. The molecule has 0 aliphatic heterocycles. The maximum atomic E-state index is 6.23. The van der Waals surface area contributed by atoms with E-state index in [0.29, 0.717) is 34.2 Å². The molecule has 0 heterocycles. The predicted octanol–water partition coefficient (Wildman–Crippen LogP) is 3.45. The number of rotatable bonds is 4. The molecular weight excluding hydrogens is 245 g/mol. The van der Waals surface area contributed by atoms with Crippen LogP contribution in [0.2, 0.25) is 10.0 Å². The third-order valence-electron chi connectivity index (χ3n) is 3.12. The molecule has 1 aliphatic rings. The van der Waals surface area contributed by atoms with Crippen molar-refractivity contribution in [3.63, 3.8) is 0 Å². The summed E-state index contributed by atoms with van der Waals surface area (Å²) >= 11 is 12.3. The van der Waals surface area contributed by atoms with Crippen LogP contribution in [-0.2, 0) is 0 Å². The second-order valence-corrected chi connectivity index (χ2v) is 5.00. The van der Waals surface area contributed by atoms with Gasteiger partial charge in [-0.25, -0.2) is 0 Å². The predicted molar refractivity (Wildman–Crippen MR) is 67.5 cm³/mol. The van der Waals surface area contributed by atoms with Gasteiger partial charge in [0, 0.05) is 17.0 Å². The Morgan fingerprint density at radius 2 is 2.06 bits per heavy atom. The summed E-state index contributed by atoms with van der Waals surface area (Å²) in [6.07, 6.45) is 2.48. The van der Waals surface area contributed by atoms with E-state index in [4.69, 9.17) is 33.7 Å². The lowest BCUT2D eigenvalue weighted by atomic mass is 9.94. The van der Waals surface area contributed by atoms with Crippen LogP contribution >= 0.6 is 23.2 Å². The zero-order chi connectivity index (χ0) is 11.7. The molecule has 1 fully saturated rings. The molecule has 0 amide bonds. The van der Waals surface area contributed by atoms with Crippen molar-refractivity contribution in [1.82, 2.24) is 0 Å². The van der Waals surface area contributed by atoms with Crippen molar-refractivity contribution in [2.24, 2.45) is 11.7 Å². The zero-order valence-electron chi connectivity index (χ0n) is 9.17. The minimum absolute atomic E-state index is 0.330. The Hall–Kier alpha value is -0.440. The highest BCUT2D eigenvalue weighted by molar-refractivity contribution is 6.34. The van der Waals surface area contributed by atoms with Crippen molar-refractivity contribution in [2.45, 2.75) is 18.8 Å². The van der Waals surface area contributed by atoms with Gasteiger partial charge in [-0.15, -0.1) is 0 Å². The van der Waals surface area contributed by atoms with Crippen LogP contribution < -0.4 is 10.5 Å². The lowest BCUT2D eigenvalue weighted by molar-refractivity contribution is 0.414. The second kappa shape index (κ2) is 4.82. The number of hydrogen-bond acceptors (Lipinski definition) is 2. The van der Waals surface area contributed by atoms with E-state index in [1.165, 1.54) is 12.8 Å². The van der Waals surface area contributed by atoms with Gasteiger partial charge in [0.05, 0.1) is 12.1 Å². The Kier molecular flexibility index (Phi) is 3.63. The average Bonchev–Trinajstić information content (AvgIpc) is 3.08. The van der Waals surface area contributed by atoms with Crippen LogP contribution in [0.4, 0.5) is 0 Å². The van der Waals surface area contributed by atoms with Crippen LogP contribution in [0.5, 0.6) is 5.75 Å². The summed E-state index contributed by atoms with van der Waals surface area (Å²) in [6.45, 7) is 0.618. The van der Waals surface area contributed by atoms with Gasteiger partial charge in [0.25, 0.3) is 0 Å². The number of hydrogen-bond donors (Lipinski definition) is 1. The van der Waals surface area contributed by atoms with Crippen LogP contribution in [0.1, 0.15) is 24.3 Å². The summed E-state index contributed by atoms with van der Waals surface area (Å²) < 4.78 is 5.12. The highest BCUT2D eigenvalue weighted by atomic mass is 35.5. The van der Waals surface area contributed by atoms with Gasteiger partial charge in [0.2, 0.25) is 0 Å². The maximum Gasteiger partial charge on any atom is 0.138 e. The molecule has 1 aromatic carbocycles. The lowest BCUT2D eigenvalue weighted by Gasteiger charge is -2.17. The van der Waals surface area contributed by atoms with Gasteiger partial charge in [0.1, 0.15) is 5.75 Å². The molecular formula is C12H15Cl2NO. The third kappa shape index (κ3) is 2.29. The molecule has 0 spiro atoms. The van der Waals surface area contributed by atoms with E-state index < -0.39 is 0 Å². The van der Waals surface area contributed by atoms with Gasteiger partial charge >= 0.3 is 0 Å². The molecule has 0 bridgehead atoms. The van der Waals surface area contributed by atoms with Crippen molar-refractivity contribution >= 4 is 23.2 Å². The number of benzene rings is 1. The molecule has 1 atom stereocenters. The molecule has 0 aromatic heterocycles. The zero-order valence-corrected chi connectivity index (χ0v) is 10.7. The first-order valence-corrected chi connectivity index (χ1v) is 6.16. The topological polar surface area (TPSA) is 35.2 Å². The largest absolute Gasteiger partial charge is 0.495 e. The van der Waals surface area contributed by atoms with Crippen molar-refractivity contribution in [3.05, 3.63) is 27.7 Å². The standard InChI is InChI=1S/C12H15Cl2NO/c1-16-12-5-10(13)8(4-11(12)14)9(6-15)7-2-3-7/h4-5,7,9H,2-3,6,15H2,1H3. The summed E-state index contributed by atoms with van der Waals surface area (Å²) in [5.74, 6) is 1.62. The SMILES string of the molecule is COc1cc(Cl)c(C(CN)C2CC2)cc1Cl. The molecule has 16 heavy (non-hydrogen) atoms. The average molecular weight is 260 g/mol. The van der Waals surface area contributed by atoms with E-state index in [0.717, 1.165) is 5.56 Å². The van der Waals surface area contributed by atoms with Gasteiger partial charge in [-0.2, -0.15) is 0 Å². The van der Waals surface area contributed by atoms with Crippen LogP contribution in [0.15, 0.2) is 12.1 Å². The fourth-order valence-corrected chi connectivity index (χ4v) is 2.60. The summed E-state index contributed by atoms with van der Waals surface area (Å²) in [6, 6.07) is 3.66. The van der Waals surface area contributed by atoms with Crippen LogP contribution in [0, 0.1) is 5.92 Å². The molecule has 88 valence electrons. The van der Waals surface area contributed by atoms with E-state index >= 15 is 0 Å². The van der Waals surface area contributed by atoms with Crippen LogP contribution in [0.3, 0.4) is 0 Å². The molecule has 1 saturated carbocycles. The molecule has 1 unspecified atom stereocenters. The molecule has 0 radical (unpaired) electrons. The van der Waals surface area contributed by atoms with Gasteiger partial charge in [0.15, 0.2) is 0 Å². The van der Waals surface area contributed by atoms with E-state index in [1.807, 2.05) is 6.07 Å². The molecule has 2 N–H and O–H groups in total. The van der Waals surface area contributed by atoms with Crippen molar-refractivity contribution in [1.29, 1.82) is 0 Å². The van der Waals surface area contributed by atoms with E-state index in [2.05, 4.69) is 0 Å². The monoisotopic (exact) mass is 259 g/mol. The highest BCUT2D eigenvalue weighted by Crippen LogP contribution is 2.45. The lowest BCUT2D eigenvalue weighted by Crippen LogP contribution is -2.14. The first kappa shape index (κ1) is 12.0. The minimum Gasteiger partial charge on any atom is -0.495 e. The molecule has 2 nitrogen and oxygen atoms in total. The molecule has 2 rings (SSSR count). The Bertz CT molecular complexity index is 391. The minimum atomic E-state index is 0.330. The van der Waals surface area contributed by atoms with Gasteiger partial charge in [-0.1, -0.05) is 23.2 Å². The first-order chi connectivity index (χ1) is 7.67. The summed E-state index contributed by atoms with van der Waals surface area (Å²) in [5.41, 5.74) is 6.86. The third-order valence-corrected chi connectivity index (χ3v) is 3.74. The van der Waals surface area contributed by atoms with Crippen molar-refractivity contribution in [2.75, 3.05) is 13.7 Å². The Labute approximate surface area is 106 Å². The van der Waals surface area contributed by atoms with E-state index in [-0.39, 0.29) is 0 Å². The Morgan fingerprint density at radius 1 is 1.38 bits per heavy atom. The van der Waals surface area contributed by atoms with Crippen LogP contribution in [0.25, 0.3) is 0 Å².